The van der Waals surface area contributed by atoms with Crippen molar-refractivity contribution in [2.45, 2.75) is 219 Å². The molecule has 0 aromatic carbocycles. The predicted molar refractivity (Wildman–Crippen MR) is 189 cm³/mol. The fourth-order valence-electron chi connectivity index (χ4n) is 5.61. The summed E-state index contributed by atoms with van der Waals surface area (Å²) in [6.45, 7) is 5.29. The SMILES string of the molecule is CCCCCCCCCCCCCCCCCCO[PH](=O)[O-].CCCCCCCCCCCCCCCCCCO[PH](=O)[O-].[Ni+2]. The Hall–Kier alpha value is 0.794. The van der Waals surface area contributed by atoms with Crippen molar-refractivity contribution >= 4 is 16.5 Å². The first-order valence-corrected chi connectivity index (χ1v) is 21.7. The molecule has 0 saturated carbocycles. The van der Waals surface area contributed by atoms with Crippen molar-refractivity contribution in [1.82, 2.24) is 0 Å². The van der Waals surface area contributed by atoms with Crippen LogP contribution in [0, 0.1) is 0 Å². The van der Waals surface area contributed by atoms with Gasteiger partial charge in [-0.2, -0.15) is 0 Å². The molecule has 2 unspecified atom stereocenters. The number of unbranched alkanes of at least 4 members (excludes halogenated alkanes) is 30. The number of hydrogen-bond acceptors (Lipinski definition) is 6. The fourth-order valence-corrected chi connectivity index (χ4v) is 6.23. The van der Waals surface area contributed by atoms with Gasteiger partial charge >= 0.3 is 16.5 Å². The molecule has 45 heavy (non-hydrogen) atoms. The maximum Gasteiger partial charge on any atom is 2.00 e. The van der Waals surface area contributed by atoms with E-state index in [2.05, 4.69) is 22.9 Å². The quantitative estimate of drug-likeness (QED) is 0.0362. The monoisotopic (exact) mass is 724 g/mol. The average Bonchev–Trinajstić information content (AvgIpc) is 3.00. The van der Waals surface area contributed by atoms with Gasteiger partial charge in [-0.1, -0.05) is 206 Å². The summed E-state index contributed by atoms with van der Waals surface area (Å²) in [6, 6.07) is 0. The van der Waals surface area contributed by atoms with Gasteiger partial charge in [-0.05, 0) is 12.8 Å². The number of hydrogen-bond donors (Lipinski definition) is 0. The summed E-state index contributed by atoms with van der Waals surface area (Å²) in [4.78, 5) is 20.4. The van der Waals surface area contributed by atoms with E-state index in [1.807, 2.05) is 0 Å². The van der Waals surface area contributed by atoms with Crippen LogP contribution >= 0.6 is 16.5 Å². The largest absolute Gasteiger partial charge is 2.00 e. The van der Waals surface area contributed by atoms with E-state index in [0.717, 1.165) is 25.7 Å². The minimum Gasteiger partial charge on any atom is -0.781 e. The topological polar surface area (TPSA) is 98.7 Å². The van der Waals surface area contributed by atoms with Crippen molar-refractivity contribution in [3.63, 3.8) is 0 Å². The summed E-state index contributed by atoms with van der Waals surface area (Å²) >= 11 is 0. The van der Waals surface area contributed by atoms with Crippen LogP contribution in [0.2, 0.25) is 0 Å². The molecule has 0 fully saturated rings. The molecule has 0 N–H and O–H groups in total. The number of rotatable bonds is 36. The van der Waals surface area contributed by atoms with Crippen LogP contribution in [0.15, 0.2) is 0 Å². The van der Waals surface area contributed by atoms with Crippen LogP contribution < -0.4 is 9.79 Å². The molecule has 0 saturated heterocycles. The van der Waals surface area contributed by atoms with Gasteiger partial charge in [-0.3, -0.25) is 0 Å². The third kappa shape index (κ3) is 54.5. The van der Waals surface area contributed by atoms with Gasteiger partial charge in [0.1, 0.15) is 16.5 Å². The van der Waals surface area contributed by atoms with Crippen molar-refractivity contribution in [1.29, 1.82) is 0 Å². The van der Waals surface area contributed by atoms with E-state index in [0.29, 0.717) is 13.2 Å². The first kappa shape index (κ1) is 50.2. The summed E-state index contributed by atoms with van der Waals surface area (Å²) in [5.74, 6) is 0. The molecular formula is C36H76NiO6P2. The molecule has 0 rings (SSSR count). The Morgan fingerprint density at radius 1 is 0.333 bits per heavy atom. The predicted octanol–water partition coefficient (Wildman–Crippen LogP) is 12.0. The second-order valence-corrected chi connectivity index (χ2v) is 14.4. The van der Waals surface area contributed by atoms with E-state index in [9.17, 15) is 18.9 Å². The van der Waals surface area contributed by atoms with Crippen LogP contribution in [0.4, 0.5) is 0 Å². The molecule has 2 atom stereocenters. The summed E-state index contributed by atoms with van der Waals surface area (Å²) in [7, 11) is -5.91. The Morgan fingerprint density at radius 2 is 0.489 bits per heavy atom. The van der Waals surface area contributed by atoms with Gasteiger partial charge < -0.3 is 28.0 Å². The van der Waals surface area contributed by atoms with Gasteiger partial charge in [0.25, 0.3) is 0 Å². The second-order valence-electron chi connectivity index (χ2n) is 12.8. The van der Waals surface area contributed by atoms with Crippen molar-refractivity contribution in [2.75, 3.05) is 13.2 Å². The van der Waals surface area contributed by atoms with Crippen LogP contribution in [0.25, 0.3) is 0 Å². The Morgan fingerprint density at radius 3 is 0.644 bits per heavy atom. The Bertz CT molecular complexity index is 524. The van der Waals surface area contributed by atoms with Gasteiger partial charge in [-0.25, -0.2) is 0 Å². The molecule has 0 aliphatic rings. The third-order valence-electron chi connectivity index (χ3n) is 8.44. The zero-order valence-corrected chi connectivity index (χ0v) is 32.8. The van der Waals surface area contributed by atoms with Crippen molar-refractivity contribution in [3.8, 4) is 0 Å². The molecule has 0 aromatic rings. The molecule has 276 valence electrons. The zero-order valence-electron chi connectivity index (χ0n) is 29.8. The summed E-state index contributed by atoms with van der Waals surface area (Å²) in [5.41, 5.74) is 0. The maximum atomic E-state index is 10.2. The van der Waals surface area contributed by atoms with Crippen molar-refractivity contribution in [2.24, 2.45) is 0 Å². The molecule has 0 aromatic heterocycles. The molecule has 0 heterocycles. The first-order valence-electron chi connectivity index (χ1n) is 19.2. The summed E-state index contributed by atoms with van der Waals surface area (Å²) in [6.07, 6.45) is 42.5. The van der Waals surface area contributed by atoms with Crippen LogP contribution in [-0.4, -0.2) is 13.2 Å². The van der Waals surface area contributed by atoms with Gasteiger partial charge in [0, 0.05) is 0 Å². The molecule has 0 aliphatic heterocycles. The van der Waals surface area contributed by atoms with Gasteiger partial charge in [0.15, 0.2) is 0 Å². The standard InChI is InChI=1S/2C18H39O3P.Ni/c2*1-2-3-4-5-6-7-8-9-10-11-12-13-14-15-16-17-18-21-22(19)20;/h2*22H,2-18H2,1H3,(H,19,20);/q;;+2/p-2. The van der Waals surface area contributed by atoms with E-state index >= 15 is 0 Å². The second kappa shape index (κ2) is 46.9. The average molecular weight is 726 g/mol. The van der Waals surface area contributed by atoms with Crippen molar-refractivity contribution in [3.05, 3.63) is 0 Å². The van der Waals surface area contributed by atoms with Crippen LogP contribution in [-0.2, 0) is 34.7 Å². The molecule has 6 nitrogen and oxygen atoms in total. The van der Waals surface area contributed by atoms with Gasteiger partial charge in [0.2, 0.25) is 0 Å². The molecule has 0 bridgehead atoms. The smallest absolute Gasteiger partial charge is 0.781 e. The van der Waals surface area contributed by atoms with E-state index in [-0.39, 0.29) is 16.5 Å². The molecule has 9 heteroatoms. The van der Waals surface area contributed by atoms with E-state index < -0.39 is 16.5 Å². The van der Waals surface area contributed by atoms with Crippen LogP contribution in [0.3, 0.4) is 0 Å². The van der Waals surface area contributed by atoms with E-state index in [1.54, 1.807) is 0 Å². The van der Waals surface area contributed by atoms with E-state index in [1.165, 1.54) is 180 Å². The van der Waals surface area contributed by atoms with Crippen molar-refractivity contribution < 1.29 is 44.5 Å². The summed E-state index contributed by atoms with van der Waals surface area (Å²) < 4.78 is 29.5. The van der Waals surface area contributed by atoms with Crippen LogP contribution in [0.1, 0.15) is 219 Å². The molecule has 0 spiro atoms. The van der Waals surface area contributed by atoms with Gasteiger partial charge in [-0.15, -0.1) is 0 Å². The first-order chi connectivity index (χ1) is 21.5. The minimum atomic E-state index is -2.95. The fraction of sp³-hybridized carbons (Fsp3) is 1.00. The molecule has 0 aliphatic carbocycles. The summed E-state index contributed by atoms with van der Waals surface area (Å²) in [5, 5.41) is 0. The molecule has 0 amide bonds. The Balaban J connectivity index is -0.000000767. The van der Waals surface area contributed by atoms with E-state index in [4.69, 9.17) is 0 Å². The normalized spacial score (nSPS) is 12.4. The maximum absolute atomic E-state index is 10.2. The van der Waals surface area contributed by atoms with Crippen LogP contribution in [0.5, 0.6) is 0 Å². The Labute approximate surface area is 292 Å². The molecular weight excluding hydrogens is 649 g/mol. The van der Waals surface area contributed by atoms with Gasteiger partial charge in [0.05, 0.1) is 13.2 Å². The molecule has 0 radical (unpaired) electrons. The Kier molecular flexibility index (Phi) is 52.3. The minimum absolute atomic E-state index is 0. The third-order valence-corrected chi connectivity index (χ3v) is 9.32. The zero-order chi connectivity index (χ0) is 32.6.